The number of oxazole rings is 1. The summed E-state index contributed by atoms with van der Waals surface area (Å²) in [5, 5.41) is 1.14. The Balaban J connectivity index is 1.53. The van der Waals surface area contributed by atoms with Crippen molar-refractivity contribution < 1.29 is 9.21 Å². The zero-order valence-electron chi connectivity index (χ0n) is 15.9. The summed E-state index contributed by atoms with van der Waals surface area (Å²) in [5.74, 6) is 1.43. The quantitative estimate of drug-likeness (QED) is 0.461. The van der Waals surface area contributed by atoms with Gasteiger partial charge in [0.1, 0.15) is 0 Å². The monoisotopic (exact) mass is 416 g/mol. The van der Waals surface area contributed by atoms with E-state index in [1.54, 1.807) is 30.3 Å². The first-order chi connectivity index (χ1) is 13.5. The van der Waals surface area contributed by atoms with Gasteiger partial charge >= 0.3 is 0 Å². The van der Waals surface area contributed by atoms with E-state index in [1.165, 1.54) is 0 Å². The fourth-order valence-electron chi connectivity index (χ4n) is 2.99. The number of hydrogen-bond acceptors (Lipinski definition) is 3. The SMILES string of the molecule is CC(c1ccc(Cl)cc1Cl)N(C)C(=O)CCCc1ncc(-c2ccccc2)o1. The van der Waals surface area contributed by atoms with Crippen LogP contribution in [-0.4, -0.2) is 22.8 Å². The molecule has 3 rings (SSSR count). The minimum atomic E-state index is -0.135. The minimum Gasteiger partial charge on any atom is -0.441 e. The lowest BCUT2D eigenvalue weighted by Crippen LogP contribution is -2.29. The van der Waals surface area contributed by atoms with Crippen molar-refractivity contribution in [1.29, 1.82) is 0 Å². The minimum absolute atomic E-state index is 0.0494. The molecule has 1 atom stereocenters. The Morgan fingerprint density at radius 3 is 2.64 bits per heavy atom. The molecule has 0 fully saturated rings. The molecule has 146 valence electrons. The molecule has 0 spiro atoms. The van der Waals surface area contributed by atoms with Crippen molar-refractivity contribution in [3.63, 3.8) is 0 Å². The summed E-state index contributed by atoms with van der Waals surface area (Å²) in [6.45, 7) is 1.95. The van der Waals surface area contributed by atoms with Gasteiger partial charge in [0, 0.05) is 35.5 Å². The van der Waals surface area contributed by atoms with Crippen molar-refractivity contribution in [1.82, 2.24) is 9.88 Å². The molecule has 3 aromatic rings. The van der Waals surface area contributed by atoms with E-state index >= 15 is 0 Å². The molecule has 28 heavy (non-hydrogen) atoms. The molecule has 0 bridgehead atoms. The summed E-state index contributed by atoms with van der Waals surface area (Å²) in [7, 11) is 1.79. The highest BCUT2D eigenvalue weighted by Crippen LogP contribution is 2.29. The van der Waals surface area contributed by atoms with Gasteiger partial charge in [0.25, 0.3) is 0 Å². The first-order valence-corrected chi connectivity index (χ1v) is 9.92. The number of amides is 1. The average molecular weight is 417 g/mol. The van der Waals surface area contributed by atoms with E-state index < -0.39 is 0 Å². The lowest BCUT2D eigenvalue weighted by atomic mass is 10.1. The van der Waals surface area contributed by atoms with E-state index in [1.807, 2.05) is 43.3 Å². The first-order valence-electron chi connectivity index (χ1n) is 9.16. The fourth-order valence-corrected chi connectivity index (χ4v) is 3.56. The third kappa shape index (κ3) is 4.94. The standard InChI is InChI=1S/C22H22Cl2N2O2/c1-15(18-12-11-17(23)13-19(18)24)26(2)22(27)10-6-9-21-25-14-20(28-21)16-7-4-3-5-8-16/h3-5,7-8,11-15H,6,9-10H2,1-2H3. The Morgan fingerprint density at radius 1 is 1.18 bits per heavy atom. The lowest BCUT2D eigenvalue weighted by molar-refractivity contribution is -0.131. The smallest absolute Gasteiger partial charge is 0.222 e. The normalized spacial score (nSPS) is 12.0. The van der Waals surface area contributed by atoms with Crippen LogP contribution in [0, 0.1) is 0 Å². The van der Waals surface area contributed by atoms with Crippen LogP contribution >= 0.6 is 23.2 Å². The van der Waals surface area contributed by atoms with Crippen molar-refractivity contribution in [3.8, 4) is 11.3 Å². The van der Waals surface area contributed by atoms with Gasteiger partial charge in [-0.3, -0.25) is 4.79 Å². The van der Waals surface area contributed by atoms with Gasteiger partial charge in [0.15, 0.2) is 11.7 Å². The zero-order valence-corrected chi connectivity index (χ0v) is 17.4. The van der Waals surface area contributed by atoms with Crippen LogP contribution < -0.4 is 0 Å². The van der Waals surface area contributed by atoms with Gasteiger partial charge in [-0.25, -0.2) is 4.98 Å². The summed E-state index contributed by atoms with van der Waals surface area (Å²) in [5.41, 5.74) is 1.87. The molecule has 1 amide bonds. The Labute approximate surface area is 175 Å². The Morgan fingerprint density at radius 2 is 1.93 bits per heavy atom. The molecular formula is C22H22Cl2N2O2. The van der Waals surface area contributed by atoms with Crippen LogP contribution in [0.2, 0.25) is 10.0 Å². The summed E-state index contributed by atoms with van der Waals surface area (Å²) in [6.07, 6.45) is 3.42. The number of benzene rings is 2. The number of halogens is 2. The van der Waals surface area contributed by atoms with Gasteiger partial charge in [-0.05, 0) is 31.0 Å². The second-order valence-corrected chi connectivity index (χ2v) is 7.53. The predicted octanol–water partition coefficient (Wildman–Crippen LogP) is 6.19. The third-order valence-corrected chi connectivity index (χ3v) is 5.34. The molecule has 2 aromatic carbocycles. The van der Waals surface area contributed by atoms with Gasteiger partial charge < -0.3 is 9.32 Å². The number of rotatable bonds is 7. The Hall–Kier alpha value is -2.30. The van der Waals surface area contributed by atoms with Crippen LogP contribution in [0.4, 0.5) is 0 Å². The van der Waals surface area contributed by atoms with Gasteiger partial charge in [-0.15, -0.1) is 0 Å². The van der Waals surface area contributed by atoms with Crippen molar-refractivity contribution >= 4 is 29.1 Å². The molecule has 0 saturated carbocycles. The van der Waals surface area contributed by atoms with Gasteiger partial charge in [-0.2, -0.15) is 0 Å². The van der Waals surface area contributed by atoms with E-state index in [4.69, 9.17) is 27.6 Å². The molecule has 0 aliphatic carbocycles. The van der Waals surface area contributed by atoms with Crippen molar-refractivity contribution in [2.75, 3.05) is 7.05 Å². The lowest BCUT2D eigenvalue weighted by Gasteiger charge is -2.26. The molecule has 0 aliphatic rings. The van der Waals surface area contributed by atoms with E-state index in [0.29, 0.717) is 35.2 Å². The molecule has 1 unspecified atom stereocenters. The molecule has 0 aliphatic heterocycles. The molecular weight excluding hydrogens is 395 g/mol. The first kappa shape index (κ1) is 20.4. The van der Waals surface area contributed by atoms with Gasteiger partial charge in [-0.1, -0.05) is 59.6 Å². The van der Waals surface area contributed by atoms with E-state index in [9.17, 15) is 4.79 Å². The summed E-state index contributed by atoms with van der Waals surface area (Å²) < 4.78 is 5.79. The van der Waals surface area contributed by atoms with E-state index in [0.717, 1.165) is 16.9 Å². The highest BCUT2D eigenvalue weighted by Gasteiger charge is 2.19. The molecule has 4 nitrogen and oxygen atoms in total. The maximum absolute atomic E-state index is 12.6. The molecule has 1 aromatic heterocycles. The number of nitrogens with zero attached hydrogens (tertiary/aromatic N) is 2. The molecule has 0 N–H and O–H groups in total. The molecule has 6 heteroatoms. The van der Waals surface area contributed by atoms with Crippen LogP contribution in [0.15, 0.2) is 59.1 Å². The maximum Gasteiger partial charge on any atom is 0.222 e. The van der Waals surface area contributed by atoms with Crippen molar-refractivity contribution in [2.45, 2.75) is 32.2 Å². The molecule has 0 saturated heterocycles. The Bertz CT molecular complexity index is 941. The van der Waals surface area contributed by atoms with Gasteiger partial charge in [0.05, 0.1) is 12.2 Å². The number of aryl methyl sites for hydroxylation is 1. The Kier molecular flexibility index (Phi) is 6.76. The molecule has 0 radical (unpaired) electrons. The number of aromatic nitrogens is 1. The number of carbonyl (C=O) groups is 1. The van der Waals surface area contributed by atoms with Crippen molar-refractivity contribution in [2.24, 2.45) is 0 Å². The van der Waals surface area contributed by atoms with Crippen molar-refractivity contribution in [3.05, 3.63) is 76.2 Å². The molecule has 1 heterocycles. The summed E-state index contributed by atoms with van der Waals surface area (Å²) in [6, 6.07) is 15.0. The highest BCUT2D eigenvalue weighted by atomic mass is 35.5. The largest absolute Gasteiger partial charge is 0.441 e. The zero-order chi connectivity index (χ0) is 20.1. The fraction of sp³-hybridized carbons (Fsp3) is 0.273. The van der Waals surface area contributed by atoms with Crippen LogP contribution in [-0.2, 0) is 11.2 Å². The summed E-state index contributed by atoms with van der Waals surface area (Å²) in [4.78, 5) is 18.6. The second kappa shape index (κ2) is 9.26. The second-order valence-electron chi connectivity index (χ2n) is 6.68. The number of carbonyl (C=O) groups excluding carboxylic acids is 1. The number of hydrogen-bond donors (Lipinski definition) is 0. The average Bonchev–Trinajstić information content (AvgIpc) is 3.16. The van der Waals surface area contributed by atoms with Gasteiger partial charge in [0.2, 0.25) is 5.91 Å². The van der Waals surface area contributed by atoms with Crippen LogP contribution in [0.3, 0.4) is 0 Å². The highest BCUT2D eigenvalue weighted by molar-refractivity contribution is 6.35. The predicted molar refractivity (Wildman–Crippen MR) is 113 cm³/mol. The van der Waals surface area contributed by atoms with Crippen LogP contribution in [0.1, 0.15) is 37.3 Å². The van der Waals surface area contributed by atoms with E-state index in [2.05, 4.69) is 4.98 Å². The summed E-state index contributed by atoms with van der Waals surface area (Å²) >= 11 is 12.2. The maximum atomic E-state index is 12.6. The third-order valence-electron chi connectivity index (χ3n) is 4.78. The van der Waals surface area contributed by atoms with Crippen LogP contribution in [0.25, 0.3) is 11.3 Å². The van der Waals surface area contributed by atoms with Crippen LogP contribution in [0.5, 0.6) is 0 Å². The topological polar surface area (TPSA) is 46.3 Å². The van der Waals surface area contributed by atoms with E-state index in [-0.39, 0.29) is 11.9 Å².